The average Bonchev–Trinajstić information content (AvgIpc) is 3.32. The summed E-state index contributed by atoms with van der Waals surface area (Å²) in [6.45, 7) is 7.38. The van der Waals surface area contributed by atoms with E-state index in [4.69, 9.17) is 14.2 Å². The minimum Gasteiger partial charge on any atom is -0.462 e. The van der Waals surface area contributed by atoms with Crippen molar-refractivity contribution >= 4 is 11.9 Å². The third-order valence-corrected chi connectivity index (χ3v) is 10.7. The summed E-state index contributed by atoms with van der Waals surface area (Å²) in [6, 6.07) is 0. The number of allylic oxidation sites excluding steroid dienone is 22. The third-order valence-electron chi connectivity index (χ3n) is 10.7. The maximum atomic E-state index is 12.8. The van der Waals surface area contributed by atoms with Gasteiger partial charge in [-0.05, 0) is 128 Å². The highest BCUT2D eigenvalue weighted by atomic mass is 16.6. The molecule has 0 aliphatic heterocycles. The summed E-state index contributed by atoms with van der Waals surface area (Å²) in [4.78, 5) is 25.4. The molecular formula is C61H98O5. The van der Waals surface area contributed by atoms with Crippen molar-refractivity contribution in [3.63, 3.8) is 0 Å². The van der Waals surface area contributed by atoms with Gasteiger partial charge in [-0.2, -0.15) is 0 Å². The van der Waals surface area contributed by atoms with Gasteiger partial charge in [0, 0.05) is 19.4 Å². The first kappa shape index (κ1) is 62.0. The zero-order valence-electron chi connectivity index (χ0n) is 42.7. The Bertz CT molecular complexity index is 1400. The lowest BCUT2D eigenvalue weighted by Crippen LogP contribution is -2.30. The van der Waals surface area contributed by atoms with E-state index in [9.17, 15) is 9.59 Å². The van der Waals surface area contributed by atoms with Gasteiger partial charge in [-0.15, -0.1) is 0 Å². The molecule has 0 amide bonds. The summed E-state index contributed by atoms with van der Waals surface area (Å²) >= 11 is 0. The van der Waals surface area contributed by atoms with Crippen LogP contribution in [0.2, 0.25) is 0 Å². The normalized spacial score (nSPS) is 13.3. The maximum absolute atomic E-state index is 12.8. The van der Waals surface area contributed by atoms with Crippen LogP contribution in [-0.4, -0.2) is 37.9 Å². The maximum Gasteiger partial charge on any atom is 0.306 e. The van der Waals surface area contributed by atoms with Crippen molar-refractivity contribution in [2.45, 2.75) is 219 Å². The Morgan fingerprint density at radius 2 is 0.682 bits per heavy atom. The molecule has 372 valence electrons. The summed E-state index contributed by atoms with van der Waals surface area (Å²) in [5.74, 6) is -0.496. The van der Waals surface area contributed by atoms with Gasteiger partial charge in [-0.3, -0.25) is 9.59 Å². The quantitative estimate of drug-likeness (QED) is 0.0346. The fourth-order valence-corrected chi connectivity index (χ4v) is 6.75. The van der Waals surface area contributed by atoms with Gasteiger partial charge in [0.05, 0.1) is 6.61 Å². The minimum atomic E-state index is -0.597. The Labute approximate surface area is 407 Å². The van der Waals surface area contributed by atoms with Crippen molar-refractivity contribution < 1.29 is 23.8 Å². The molecule has 0 fully saturated rings. The predicted molar refractivity (Wildman–Crippen MR) is 288 cm³/mol. The molecule has 0 rings (SSSR count). The molecule has 0 saturated carbocycles. The van der Waals surface area contributed by atoms with Crippen LogP contribution >= 0.6 is 0 Å². The Morgan fingerprint density at radius 1 is 0.348 bits per heavy atom. The number of esters is 2. The summed E-state index contributed by atoms with van der Waals surface area (Å²) in [7, 11) is 0. The van der Waals surface area contributed by atoms with Crippen molar-refractivity contribution in [3.05, 3.63) is 134 Å². The molecule has 0 radical (unpaired) electrons. The third kappa shape index (κ3) is 52.7. The highest BCUT2D eigenvalue weighted by molar-refractivity contribution is 5.70. The largest absolute Gasteiger partial charge is 0.462 e. The zero-order valence-corrected chi connectivity index (χ0v) is 42.7. The van der Waals surface area contributed by atoms with Gasteiger partial charge in [0.25, 0.3) is 0 Å². The van der Waals surface area contributed by atoms with E-state index in [1.807, 2.05) is 0 Å². The lowest BCUT2D eigenvalue weighted by atomic mass is 10.1. The second-order valence-electron chi connectivity index (χ2n) is 17.0. The smallest absolute Gasteiger partial charge is 0.306 e. The second kappa shape index (κ2) is 55.4. The molecule has 1 atom stereocenters. The Kier molecular flexibility index (Phi) is 52.0. The van der Waals surface area contributed by atoms with Gasteiger partial charge in [0.2, 0.25) is 0 Å². The molecule has 66 heavy (non-hydrogen) atoms. The van der Waals surface area contributed by atoms with Crippen LogP contribution < -0.4 is 0 Å². The molecule has 0 N–H and O–H groups in total. The molecule has 1 unspecified atom stereocenters. The van der Waals surface area contributed by atoms with Gasteiger partial charge in [-0.25, -0.2) is 0 Å². The predicted octanol–water partition coefficient (Wildman–Crippen LogP) is 18.3. The highest BCUT2D eigenvalue weighted by Crippen LogP contribution is 2.12. The van der Waals surface area contributed by atoms with E-state index in [1.54, 1.807) is 0 Å². The van der Waals surface area contributed by atoms with E-state index in [1.165, 1.54) is 57.8 Å². The van der Waals surface area contributed by atoms with E-state index in [2.05, 4.69) is 154 Å². The van der Waals surface area contributed by atoms with E-state index >= 15 is 0 Å². The van der Waals surface area contributed by atoms with Crippen LogP contribution in [0.5, 0.6) is 0 Å². The Balaban J connectivity index is 4.48. The van der Waals surface area contributed by atoms with Crippen molar-refractivity contribution in [1.82, 2.24) is 0 Å². The van der Waals surface area contributed by atoms with Gasteiger partial charge in [-0.1, -0.05) is 206 Å². The van der Waals surface area contributed by atoms with Gasteiger partial charge in [0.15, 0.2) is 6.10 Å². The van der Waals surface area contributed by atoms with E-state index in [0.29, 0.717) is 19.4 Å². The molecular weight excluding hydrogens is 813 g/mol. The van der Waals surface area contributed by atoms with Crippen LogP contribution in [-0.2, 0) is 23.8 Å². The number of carbonyl (C=O) groups is 2. The summed E-state index contributed by atoms with van der Waals surface area (Å²) in [6.07, 6.45) is 79.1. The van der Waals surface area contributed by atoms with Crippen LogP contribution in [0, 0.1) is 0 Å². The number of rotatable bonds is 47. The number of unbranched alkanes of at least 4 members (excludes halogenated alkanes) is 14. The van der Waals surface area contributed by atoms with Gasteiger partial charge >= 0.3 is 11.9 Å². The molecule has 0 aliphatic carbocycles. The minimum absolute atomic E-state index is 0.0287. The summed E-state index contributed by atoms with van der Waals surface area (Å²) < 4.78 is 17.3. The average molecular weight is 911 g/mol. The molecule has 0 aliphatic rings. The van der Waals surface area contributed by atoms with Crippen molar-refractivity contribution in [2.75, 3.05) is 19.8 Å². The molecule has 0 aromatic heterocycles. The molecule has 5 nitrogen and oxygen atoms in total. The monoisotopic (exact) mass is 911 g/mol. The fourth-order valence-electron chi connectivity index (χ4n) is 6.75. The summed E-state index contributed by atoms with van der Waals surface area (Å²) in [5, 5.41) is 0. The van der Waals surface area contributed by atoms with Crippen LogP contribution in [0.25, 0.3) is 0 Å². The van der Waals surface area contributed by atoms with Crippen molar-refractivity contribution in [1.29, 1.82) is 0 Å². The molecule has 0 aromatic carbocycles. The first-order valence-electron chi connectivity index (χ1n) is 26.7. The molecule has 5 heteroatoms. The highest BCUT2D eigenvalue weighted by Gasteiger charge is 2.17. The summed E-state index contributed by atoms with van der Waals surface area (Å²) in [5.41, 5.74) is 0. The first-order valence-corrected chi connectivity index (χ1v) is 26.7. The molecule has 0 bridgehead atoms. The van der Waals surface area contributed by atoms with Crippen molar-refractivity contribution in [3.8, 4) is 0 Å². The number of ether oxygens (including phenoxy) is 3. The SMILES string of the molecule is CC/C=C\C/C=C\C/C=C\C/C=C\C/C=C\C/C=C\CCCOCC(COC(=O)CCCC/C=C\C/C=C\C/C=C\C/C=C\CC)OC(=O)CCCCCCC/C=C\CCCCCCCC. The standard InChI is InChI=1S/C61H98O5/c1-4-7-10-13-16-19-22-25-28-29-30-31-32-35-38-41-44-47-50-53-56-64-57-59(66-61(63)55-52-49-46-43-40-37-34-27-24-21-18-15-12-9-6-3)58-65-60(62)54-51-48-45-42-39-36-33-26-23-20-17-14-11-8-5-2/h7-8,10-11,16-17,19-20,25-28,30-31,33-35,38-39,42,44,47,59H,4-6,9,12-15,18,21-24,29,32,36-37,40-41,43,45-46,48-58H2,1-3H3/b10-7-,11-8-,19-16-,20-17-,28-25-,31-30-,33-26-,34-27-,38-35-,42-39-,47-44-. The van der Waals surface area contributed by atoms with Crippen molar-refractivity contribution in [2.24, 2.45) is 0 Å². The zero-order chi connectivity index (χ0) is 47.7. The van der Waals surface area contributed by atoms with Gasteiger partial charge in [0.1, 0.15) is 6.61 Å². The Hall–Kier alpha value is -3.96. The lowest BCUT2D eigenvalue weighted by Gasteiger charge is -2.18. The molecule has 0 saturated heterocycles. The van der Waals surface area contributed by atoms with Crippen LogP contribution in [0.4, 0.5) is 0 Å². The van der Waals surface area contributed by atoms with E-state index in [-0.39, 0.29) is 25.2 Å². The number of carbonyl (C=O) groups excluding carboxylic acids is 2. The van der Waals surface area contributed by atoms with Crippen LogP contribution in [0.1, 0.15) is 213 Å². The number of hydrogen-bond acceptors (Lipinski definition) is 5. The van der Waals surface area contributed by atoms with E-state index in [0.717, 1.165) is 122 Å². The van der Waals surface area contributed by atoms with E-state index < -0.39 is 6.10 Å². The molecule has 0 spiro atoms. The fraction of sp³-hybridized carbons (Fsp3) is 0.607. The first-order chi connectivity index (χ1) is 32.6. The van der Waals surface area contributed by atoms with Gasteiger partial charge < -0.3 is 14.2 Å². The van der Waals surface area contributed by atoms with Crippen LogP contribution in [0.3, 0.4) is 0 Å². The topological polar surface area (TPSA) is 61.8 Å². The Morgan fingerprint density at radius 3 is 1.14 bits per heavy atom. The van der Waals surface area contributed by atoms with Crippen LogP contribution in [0.15, 0.2) is 134 Å². The molecule has 0 heterocycles. The number of hydrogen-bond donors (Lipinski definition) is 0. The lowest BCUT2D eigenvalue weighted by molar-refractivity contribution is -0.163. The second-order valence-corrected chi connectivity index (χ2v) is 17.0. The molecule has 0 aromatic rings.